The van der Waals surface area contributed by atoms with Gasteiger partial charge < -0.3 is 19.5 Å². The smallest absolute Gasteiger partial charge is 0.253 e. The number of nitrogens with one attached hydrogen (secondary N) is 2. The first-order chi connectivity index (χ1) is 15.2. The summed E-state index contributed by atoms with van der Waals surface area (Å²) in [6.07, 6.45) is 5.06. The highest BCUT2D eigenvalue weighted by molar-refractivity contribution is 7.51. The van der Waals surface area contributed by atoms with E-state index in [4.69, 9.17) is 18.8 Å². The predicted molar refractivity (Wildman–Crippen MR) is 122 cm³/mol. The van der Waals surface area contributed by atoms with E-state index in [0.29, 0.717) is 45.9 Å². The molecule has 1 aliphatic heterocycles. The number of amides is 3. The number of carbonyl (C=O) groups excluding carboxylic acids is 3. The Morgan fingerprint density at radius 2 is 1.69 bits per heavy atom. The molecule has 0 aromatic rings. The van der Waals surface area contributed by atoms with Crippen LogP contribution in [-0.4, -0.2) is 94.2 Å². The van der Waals surface area contributed by atoms with Crippen molar-refractivity contribution in [1.82, 2.24) is 15.7 Å². The standard InChI is InChI=1S/C21H38N3O7P/c1-21(2,28-3)9-17-32(4)31-23-11-14-30-16-15-29-13-10-22-18(25)6-5-12-24-19(26)7-8-20(24)27/h7-8,23H,5-6,9-17H2,1-4H3,(H,22,25). The van der Waals surface area contributed by atoms with Crippen molar-refractivity contribution in [2.45, 2.75) is 38.7 Å². The average molecular weight is 476 g/mol. The second kappa shape index (κ2) is 16.2. The maximum absolute atomic E-state index is 11.7. The van der Waals surface area contributed by atoms with Crippen molar-refractivity contribution in [3.05, 3.63) is 12.2 Å². The molecule has 32 heavy (non-hydrogen) atoms. The minimum absolute atomic E-state index is 0.125. The highest BCUT2D eigenvalue weighted by atomic mass is 31.1. The van der Waals surface area contributed by atoms with Crippen molar-refractivity contribution in [3.8, 4) is 0 Å². The molecule has 0 radical (unpaired) electrons. The monoisotopic (exact) mass is 475 g/mol. The molecule has 1 heterocycles. The Hall–Kier alpha value is -1.42. The number of ether oxygens (including phenoxy) is 3. The zero-order valence-corrected chi connectivity index (χ0v) is 20.6. The third-order valence-corrected chi connectivity index (χ3v) is 6.07. The lowest BCUT2D eigenvalue weighted by Crippen LogP contribution is -2.32. The SMILES string of the molecule is COC(C)(C)CCP(C)ONCCOCCOCCNC(=O)CCCN1C(=O)C=CC1=O. The summed E-state index contributed by atoms with van der Waals surface area (Å²) in [4.78, 5) is 35.7. The summed E-state index contributed by atoms with van der Waals surface area (Å²) in [6.45, 7) is 9.27. The number of hydroxylamine groups is 1. The van der Waals surface area contributed by atoms with E-state index in [0.717, 1.165) is 17.5 Å². The number of hydrogen-bond acceptors (Lipinski definition) is 8. The van der Waals surface area contributed by atoms with Crippen LogP contribution in [0.2, 0.25) is 0 Å². The molecule has 3 amide bonds. The second-order valence-electron chi connectivity index (χ2n) is 7.89. The molecule has 0 saturated carbocycles. The number of imide groups is 1. The molecule has 0 bridgehead atoms. The van der Waals surface area contributed by atoms with E-state index in [-0.39, 0.29) is 36.3 Å². The number of rotatable bonds is 19. The number of nitrogens with zero attached hydrogens (tertiary/aromatic N) is 1. The molecule has 1 aliphatic rings. The zero-order chi connectivity index (χ0) is 23.8. The normalized spacial score (nSPS) is 14.9. The Morgan fingerprint density at radius 3 is 2.31 bits per heavy atom. The van der Waals surface area contributed by atoms with E-state index < -0.39 is 8.15 Å². The lowest BCUT2D eigenvalue weighted by Gasteiger charge is -2.24. The molecule has 1 rings (SSSR count). The lowest BCUT2D eigenvalue weighted by molar-refractivity contribution is -0.137. The van der Waals surface area contributed by atoms with Crippen LogP contribution in [0.1, 0.15) is 33.1 Å². The van der Waals surface area contributed by atoms with Crippen molar-refractivity contribution in [1.29, 1.82) is 0 Å². The summed E-state index contributed by atoms with van der Waals surface area (Å²) >= 11 is 0. The fourth-order valence-electron chi connectivity index (χ4n) is 2.57. The van der Waals surface area contributed by atoms with Gasteiger partial charge in [-0.2, -0.15) is 5.48 Å². The van der Waals surface area contributed by atoms with Gasteiger partial charge in [-0.25, -0.2) is 0 Å². The van der Waals surface area contributed by atoms with Gasteiger partial charge in [0, 0.05) is 45.3 Å². The van der Waals surface area contributed by atoms with E-state index in [2.05, 4.69) is 31.3 Å². The van der Waals surface area contributed by atoms with Crippen LogP contribution in [-0.2, 0) is 33.2 Å². The fraction of sp³-hybridized carbons (Fsp3) is 0.762. The predicted octanol–water partition coefficient (Wildman–Crippen LogP) is 1.20. The quantitative estimate of drug-likeness (QED) is 0.124. The Labute approximate surface area is 192 Å². The van der Waals surface area contributed by atoms with Gasteiger partial charge in [-0.1, -0.05) is 0 Å². The summed E-state index contributed by atoms with van der Waals surface area (Å²) in [5.41, 5.74) is 2.81. The van der Waals surface area contributed by atoms with Gasteiger partial charge in [0.1, 0.15) is 0 Å². The molecule has 0 aromatic heterocycles. The van der Waals surface area contributed by atoms with Crippen molar-refractivity contribution >= 4 is 25.9 Å². The summed E-state index contributed by atoms with van der Waals surface area (Å²) in [5.74, 6) is -0.789. The largest absolute Gasteiger partial charge is 0.379 e. The first kappa shape index (κ1) is 28.6. The first-order valence-electron chi connectivity index (χ1n) is 10.9. The Bertz CT molecular complexity index is 598. The van der Waals surface area contributed by atoms with Gasteiger partial charge in [0.2, 0.25) is 5.91 Å². The van der Waals surface area contributed by atoms with Gasteiger partial charge in [-0.15, -0.1) is 0 Å². The maximum Gasteiger partial charge on any atom is 0.253 e. The number of carbonyl (C=O) groups is 3. The number of methoxy groups -OCH3 is 1. The van der Waals surface area contributed by atoms with Gasteiger partial charge in [0.15, 0.2) is 0 Å². The van der Waals surface area contributed by atoms with Gasteiger partial charge >= 0.3 is 0 Å². The molecule has 0 fully saturated rings. The molecule has 0 spiro atoms. The summed E-state index contributed by atoms with van der Waals surface area (Å²) in [6, 6.07) is 0. The first-order valence-corrected chi connectivity index (χ1v) is 12.8. The molecule has 184 valence electrons. The van der Waals surface area contributed by atoms with E-state index in [1.165, 1.54) is 12.2 Å². The Morgan fingerprint density at radius 1 is 1.06 bits per heavy atom. The Balaban J connectivity index is 1.85. The molecule has 11 heteroatoms. The third kappa shape index (κ3) is 13.2. The molecule has 1 atom stereocenters. The molecule has 10 nitrogen and oxygen atoms in total. The third-order valence-electron chi connectivity index (χ3n) is 4.78. The number of hydrogen-bond donors (Lipinski definition) is 2. The Kier molecular flexibility index (Phi) is 14.5. The van der Waals surface area contributed by atoms with Gasteiger partial charge in [-0.3, -0.25) is 23.9 Å². The van der Waals surface area contributed by atoms with Crippen molar-refractivity contribution in [2.24, 2.45) is 0 Å². The van der Waals surface area contributed by atoms with Crippen LogP contribution >= 0.6 is 8.15 Å². The minimum Gasteiger partial charge on any atom is -0.379 e. The molecule has 0 saturated heterocycles. The van der Waals surface area contributed by atoms with E-state index in [1.54, 1.807) is 7.11 Å². The van der Waals surface area contributed by atoms with Crippen LogP contribution in [0.15, 0.2) is 12.2 Å². The minimum atomic E-state index is -0.542. The molecule has 2 N–H and O–H groups in total. The van der Waals surface area contributed by atoms with Gasteiger partial charge in [0.05, 0.1) is 40.2 Å². The molecule has 0 aliphatic carbocycles. The second-order valence-corrected chi connectivity index (χ2v) is 9.78. The summed E-state index contributed by atoms with van der Waals surface area (Å²) < 4.78 is 21.9. The topological polar surface area (TPSA) is 115 Å². The summed E-state index contributed by atoms with van der Waals surface area (Å²) in [5, 5.41) is 2.74. The van der Waals surface area contributed by atoms with E-state index in [9.17, 15) is 14.4 Å². The highest BCUT2D eigenvalue weighted by Gasteiger charge is 2.22. The molecule has 0 aromatic carbocycles. The van der Waals surface area contributed by atoms with Crippen molar-refractivity contribution in [3.63, 3.8) is 0 Å². The van der Waals surface area contributed by atoms with Crippen LogP contribution in [0.3, 0.4) is 0 Å². The van der Waals surface area contributed by atoms with E-state index in [1.807, 2.05) is 0 Å². The van der Waals surface area contributed by atoms with Crippen molar-refractivity contribution in [2.75, 3.05) is 66.0 Å². The van der Waals surface area contributed by atoms with Crippen LogP contribution in [0, 0.1) is 0 Å². The maximum atomic E-state index is 11.7. The molecule has 1 unspecified atom stereocenters. The van der Waals surface area contributed by atoms with Crippen LogP contribution < -0.4 is 10.8 Å². The molecular weight excluding hydrogens is 437 g/mol. The van der Waals surface area contributed by atoms with Gasteiger partial charge in [0.25, 0.3) is 11.8 Å². The zero-order valence-electron chi connectivity index (χ0n) is 19.7. The molecular formula is C21H38N3O7P. The highest BCUT2D eigenvalue weighted by Crippen LogP contribution is 2.33. The average Bonchev–Trinajstić information content (AvgIpc) is 3.08. The van der Waals surface area contributed by atoms with Crippen LogP contribution in [0.4, 0.5) is 0 Å². The van der Waals surface area contributed by atoms with Crippen LogP contribution in [0.25, 0.3) is 0 Å². The lowest BCUT2D eigenvalue weighted by atomic mass is 10.1. The van der Waals surface area contributed by atoms with Crippen molar-refractivity contribution < 1.29 is 33.2 Å². The van der Waals surface area contributed by atoms with Gasteiger partial charge in [-0.05, 0) is 39.5 Å². The van der Waals surface area contributed by atoms with E-state index >= 15 is 0 Å². The fourth-order valence-corrected chi connectivity index (χ4v) is 3.82. The summed E-state index contributed by atoms with van der Waals surface area (Å²) in [7, 11) is 1.18. The van der Waals surface area contributed by atoms with Crippen LogP contribution in [0.5, 0.6) is 0 Å².